The third kappa shape index (κ3) is 12.5. The van der Waals surface area contributed by atoms with E-state index in [1.54, 1.807) is 21.3 Å². The van der Waals surface area contributed by atoms with E-state index in [9.17, 15) is 12.9 Å². The van der Waals surface area contributed by atoms with Crippen LogP contribution in [0.4, 0.5) is 0 Å². The summed E-state index contributed by atoms with van der Waals surface area (Å²) in [4.78, 5) is 0. The molecule has 12 aromatic carbocycles. The molecule has 98 heavy (non-hydrogen) atoms. The first-order valence-corrected chi connectivity index (χ1v) is 42.0. The van der Waals surface area contributed by atoms with Crippen molar-refractivity contribution in [2.45, 2.75) is 80.8 Å². The normalized spacial score (nSPS) is 13.7. The van der Waals surface area contributed by atoms with Crippen LogP contribution in [0.5, 0.6) is 17.2 Å². The van der Waals surface area contributed by atoms with Crippen LogP contribution in [0.15, 0.2) is 291 Å². The second kappa shape index (κ2) is 27.6. The predicted octanol–water partition coefficient (Wildman–Crippen LogP) is 18.9. The Morgan fingerprint density at radius 2 is 0.347 bits per heavy atom. The zero-order chi connectivity index (χ0) is 69.0. The van der Waals surface area contributed by atoms with Gasteiger partial charge in [-0.2, -0.15) is 0 Å². The molecule has 0 bridgehead atoms. The van der Waals surface area contributed by atoms with E-state index < -0.39 is 28.3 Å². The van der Waals surface area contributed by atoms with E-state index in [1.165, 1.54) is 0 Å². The molecule has 0 saturated heterocycles. The van der Waals surface area contributed by atoms with Crippen LogP contribution < -0.4 is 62.0 Å². The van der Waals surface area contributed by atoms with E-state index in [-0.39, 0.29) is 18.5 Å². The molecule has 0 aliphatic rings. The van der Waals surface area contributed by atoms with Gasteiger partial charge in [0.15, 0.2) is 0 Å². The molecule has 0 atom stereocenters. The molecule has 0 saturated carbocycles. The minimum atomic E-state index is -5.73. The molecule has 0 unspecified atom stereocenters. The number of hydrogen-bond acceptors (Lipinski definition) is 7. The molecule has 500 valence electrons. The van der Waals surface area contributed by atoms with Crippen LogP contribution >= 0.6 is 28.3 Å². The van der Waals surface area contributed by atoms with E-state index in [0.29, 0.717) is 17.2 Å². The van der Waals surface area contributed by atoms with Crippen molar-refractivity contribution in [3.8, 4) is 17.2 Å². The minimum absolute atomic E-state index is 0.198. The van der Waals surface area contributed by atoms with Crippen LogP contribution in [-0.2, 0) is 36.0 Å². The van der Waals surface area contributed by atoms with Crippen molar-refractivity contribution in [1.82, 2.24) is 0 Å². The summed E-state index contributed by atoms with van der Waals surface area (Å²) in [7, 11) is -0.662. The Balaban J connectivity index is 1.39. The molecule has 0 aromatic heterocycles. The summed E-state index contributed by atoms with van der Waals surface area (Å²) in [6, 6.07) is 103. The Bertz CT molecular complexity index is 3940. The van der Waals surface area contributed by atoms with Gasteiger partial charge in [-0.15, -0.1) is 0 Å². The molecular weight excluding hydrogens is 1280 g/mol. The molecule has 12 rings (SSSR count). The molecule has 0 N–H and O–H groups in total. The van der Waals surface area contributed by atoms with Gasteiger partial charge >= 0.3 is 585 Å². The van der Waals surface area contributed by atoms with Crippen LogP contribution in [0.1, 0.15) is 66.8 Å². The Hall–Kier alpha value is -8.56. The summed E-state index contributed by atoms with van der Waals surface area (Å²) in [5.41, 5.74) is 12.1. The van der Waals surface area contributed by atoms with Crippen LogP contribution in [0.2, 0.25) is 0 Å². The Morgan fingerprint density at radius 3 is 0.469 bits per heavy atom. The molecule has 12 aromatic rings. The second-order valence-electron chi connectivity index (χ2n) is 26.9. The number of ether oxygens (including phenoxy) is 3. The number of aryl methyl sites for hydroxylation is 9. The third-order valence-corrected chi connectivity index (χ3v) is 42.1. The second-order valence-corrected chi connectivity index (χ2v) is 42.6. The molecule has 0 spiro atoms. The first-order valence-electron chi connectivity index (χ1n) is 33.5. The zero-order valence-corrected chi connectivity index (χ0v) is 62.1. The number of rotatable bonds is 24. The van der Waals surface area contributed by atoms with Crippen LogP contribution in [0.3, 0.4) is 0 Å². The van der Waals surface area contributed by atoms with Crippen molar-refractivity contribution in [3.63, 3.8) is 0 Å². The quantitative estimate of drug-likeness (QED) is 0.0558. The SMILES string of the molecule is COc1ccc(CP(OP(=O)(OP(Cc2ccc(OC)cc2)(c2ccc(C)cc2)(c2ccc(C)cc2)c2ccc(C)cc2)OP(Cc2ccc(OC)cc2)(c2ccc(C)cc2)(c2ccc(C)cc2)c2ccc(C)cc2)(c2ccc(C)cc2)(c2ccc(C)cc2)c2ccc(C)cc2)cc1. The van der Waals surface area contributed by atoms with E-state index in [2.05, 4.69) is 317 Å². The first-order chi connectivity index (χ1) is 47.1. The molecule has 0 radical (unpaired) electrons. The van der Waals surface area contributed by atoms with Crippen molar-refractivity contribution < 1.29 is 31.7 Å². The standard InChI is InChI=1S/C87H90O7P4/c1-64-13-43-79(44-14-64)96(80-45-15-65(2)16-46-80,81-47-17-66(3)18-48-81,61-73-31-37-76(89-10)38-32-73)92-95(88,93-97(82-49-19-67(4)20-50-82,83-51-21-68(5)22-52-83,84-53-23-69(6)24-54-84)62-74-33-39-77(90-11)40-34-74)94-98(85-55-25-70(7)26-56-85,86-57-27-71(8)28-58-86,87-59-29-72(9)30-60-87)63-75-35-41-78(91-12)42-36-75/h13-60H,61-63H2,1-12H3. The van der Waals surface area contributed by atoms with Gasteiger partial charge in [-0.3, -0.25) is 0 Å². The molecule has 7 nitrogen and oxygen atoms in total. The third-order valence-electron chi connectivity index (χ3n) is 20.0. The van der Waals surface area contributed by atoms with Gasteiger partial charge < -0.3 is 0 Å². The van der Waals surface area contributed by atoms with Gasteiger partial charge in [0.2, 0.25) is 0 Å². The van der Waals surface area contributed by atoms with Gasteiger partial charge in [-0.25, -0.2) is 0 Å². The average Bonchev–Trinajstić information content (AvgIpc) is 0.668. The summed E-state index contributed by atoms with van der Waals surface area (Å²) in [5, 5.41) is 7.42. The van der Waals surface area contributed by atoms with Crippen molar-refractivity contribution in [3.05, 3.63) is 358 Å². The monoisotopic (exact) mass is 1370 g/mol. The maximum atomic E-state index is 21.1. The maximum absolute atomic E-state index is 21.1. The number of hydrogen-bond donors (Lipinski definition) is 0. The number of benzene rings is 12. The van der Waals surface area contributed by atoms with Gasteiger partial charge in [-0.05, 0) is 0 Å². The summed E-state index contributed by atoms with van der Waals surface area (Å²) < 4.78 is 67.0. The summed E-state index contributed by atoms with van der Waals surface area (Å²) in [5.74, 6) is 2.09. The molecular formula is C87H90O7P4. The Labute approximate surface area is 581 Å². The fourth-order valence-electron chi connectivity index (χ4n) is 14.4. The van der Waals surface area contributed by atoms with E-state index >= 15 is 4.57 Å². The van der Waals surface area contributed by atoms with E-state index in [0.717, 1.165) is 115 Å². The first kappa shape index (κ1) is 69.3. The molecule has 0 amide bonds. The topological polar surface area (TPSA) is 72.5 Å². The van der Waals surface area contributed by atoms with Crippen LogP contribution in [0, 0.1) is 62.3 Å². The molecule has 0 fully saturated rings. The molecule has 0 heterocycles. The predicted molar refractivity (Wildman–Crippen MR) is 419 cm³/mol. The van der Waals surface area contributed by atoms with Gasteiger partial charge in [0.25, 0.3) is 0 Å². The molecule has 0 aliphatic heterocycles. The number of methoxy groups -OCH3 is 3. The molecule has 11 heteroatoms. The Kier molecular flexibility index (Phi) is 19.6. The van der Waals surface area contributed by atoms with E-state index in [4.69, 9.17) is 14.2 Å². The van der Waals surface area contributed by atoms with Crippen molar-refractivity contribution in [2.75, 3.05) is 21.3 Å². The van der Waals surface area contributed by atoms with Gasteiger partial charge in [0, 0.05) is 0 Å². The van der Waals surface area contributed by atoms with Crippen molar-refractivity contribution >= 4 is 76.1 Å². The summed E-state index contributed by atoms with van der Waals surface area (Å²) >= 11 is 0. The van der Waals surface area contributed by atoms with Crippen molar-refractivity contribution in [1.29, 1.82) is 0 Å². The Morgan fingerprint density at radius 1 is 0.214 bits per heavy atom. The average molecular weight is 1370 g/mol. The summed E-state index contributed by atoms with van der Waals surface area (Å²) in [6.07, 6.45) is 0.594. The van der Waals surface area contributed by atoms with Gasteiger partial charge in [-0.1, -0.05) is 0 Å². The van der Waals surface area contributed by atoms with Gasteiger partial charge in [0.1, 0.15) is 0 Å². The van der Waals surface area contributed by atoms with Crippen LogP contribution in [-0.4, -0.2) is 21.3 Å². The van der Waals surface area contributed by atoms with Gasteiger partial charge in [0.05, 0.1) is 0 Å². The van der Waals surface area contributed by atoms with E-state index in [1.807, 2.05) is 36.4 Å². The fraction of sp³-hybridized carbons (Fsp3) is 0.172. The number of phosphoric acid groups is 1. The molecule has 0 aliphatic carbocycles. The van der Waals surface area contributed by atoms with Crippen LogP contribution in [0.25, 0.3) is 0 Å². The zero-order valence-electron chi connectivity index (χ0n) is 58.5. The van der Waals surface area contributed by atoms with Crippen molar-refractivity contribution in [2.24, 2.45) is 0 Å². The summed E-state index contributed by atoms with van der Waals surface area (Å²) in [6.45, 7) is 3.36. The fourth-order valence-corrected chi connectivity index (χ4v) is 39.0.